The summed E-state index contributed by atoms with van der Waals surface area (Å²) in [6.45, 7) is 6.77. The van der Waals surface area contributed by atoms with Gasteiger partial charge < -0.3 is 29.2 Å². The summed E-state index contributed by atoms with van der Waals surface area (Å²) >= 11 is 0. The molecule has 0 aliphatic heterocycles. The van der Waals surface area contributed by atoms with E-state index in [1.54, 1.807) is 6.08 Å². The van der Waals surface area contributed by atoms with Gasteiger partial charge >= 0.3 is 10.1 Å². The van der Waals surface area contributed by atoms with E-state index in [9.17, 15) is 8.42 Å². The lowest BCUT2D eigenvalue weighted by Crippen LogP contribution is -2.29. The molecule has 1 aromatic carbocycles. The van der Waals surface area contributed by atoms with Gasteiger partial charge in [-0.1, -0.05) is 57.2 Å². The summed E-state index contributed by atoms with van der Waals surface area (Å²) < 4.78 is 47.7. The van der Waals surface area contributed by atoms with Crippen molar-refractivity contribution in [3.63, 3.8) is 0 Å². The lowest BCUT2D eigenvalue weighted by atomic mass is 10.0. The van der Waals surface area contributed by atoms with Crippen LogP contribution in [-0.2, 0) is 35.0 Å². The number of aliphatic hydroxyl groups is 2. The Hall–Kier alpha value is -1.57. The van der Waals surface area contributed by atoms with Crippen LogP contribution in [0.4, 0.5) is 0 Å². The highest BCUT2D eigenvalue weighted by Gasteiger charge is 2.14. The normalized spacial score (nSPS) is 12.0. The predicted molar refractivity (Wildman–Crippen MR) is 143 cm³/mol. The highest BCUT2D eigenvalue weighted by molar-refractivity contribution is 7.86. The number of hydrogen-bond acceptors (Lipinski definition) is 10. The van der Waals surface area contributed by atoms with Crippen molar-refractivity contribution in [2.45, 2.75) is 70.8 Å². The van der Waals surface area contributed by atoms with E-state index < -0.39 is 22.2 Å². The Labute approximate surface area is 222 Å². The van der Waals surface area contributed by atoms with E-state index in [0.29, 0.717) is 6.61 Å². The zero-order valence-corrected chi connectivity index (χ0v) is 23.0. The van der Waals surface area contributed by atoms with Crippen LogP contribution in [0.5, 0.6) is 5.75 Å². The fraction of sp³-hybridized carbons (Fsp3) is 0.692. The van der Waals surface area contributed by atoms with Crippen LogP contribution in [0, 0.1) is 0 Å². The van der Waals surface area contributed by atoms with E-state index in [1.165, 1.54) is 44.1 Å². The first-order valence-electron chi connectivity index (χ1n) is 12.8. The molecule has 1 unspecified atom stereocenters. The second kappa shape index (κ2) is 24.7. The molecule has 0 saturated heterocycles. The second-order valence-electron chi connectivity index (χ2n) is 8.34. The van der Waals surface area contributed by atoms with Gasteiger partial charge in [-0.05, 0) is 43.4 Å². The molecule has 10 nitrogen and oxygen atoms in total. The number of aryl methyl sites for hydroxylation is 1. The zero-order chi connectivity index (χ0) is 27.6. The molecule has 4 N–H and O–H groups in total. The topological polar surface area (TPSA) is 147 Å². The molecule has 0 aliphatic carbocycles. The minimum atomic E-state index is -3.91. The number of rotatable bonds is 23. The molecule has 11 heteroatoms. The van der Waals surface area contributed by atoms with Gasteiger partial charge in [0.1, 0.15) is 25.3 Å². The number of nitrogens with two attached hydrogens (primary N) is 1. The van der Waals surface area contributed by atoms with Crippen LogP contribution in [0.25, 0.3) is 0 Å². The van der Waals surface area contributed by atoms with Crippen LogP contribution >= 0.6 is 0 Å². The van der Waals surface area contributed by atoms with Gasteiger partial charge in [-0.3, -0.25) is 0 Å². The highest BCUT2D eigenvalue weighted by atomic mass is 32.2. The van der Waals surface area contributed by atoms with Gasteiger partial charge in [-0.25, -0.2) is 0 Å². The van der Waals surface area contributed by atoms with Gasteiger partial charge in [0, 0.05) is 13.2 Å². The van der Waals surface area contributed by atoms with E-state index in [1.807, 2.05) is 12.1 Å². The molecule has 37 heavy (non-hydrogen) atoms. The summed E-state index contributed by atoms with van der Waals surface area (Å²) in [7, 11) is -3.91. The molecule has 0 aliphatic rings. The molecule has 1 rings (SSSR count). The lowest BCUT2D eigenvalue weighted by Gasteiger charge is -2.18. The Kier molecular flexibility index (Phi) is 23.7. The zero-order valence-electron chi connectivity index (χ0n) is 22.2. The standard InChI is InChI=1S/C22H37NO7S.C4H10O2/c1-3-5-6-7-8-9-10-20-11-13-21(14-12-20)28-17-22(16-26-15-4-2)29-18-27-19-31(24,25)30-23;5-3-1-2-4-6/h4,11-14,22H,2-3,5-10,15-19,23H2,1H3;5-6H,1-4H2. The largest absolute Gasteiger partial charge is 0.491 e. The average Bonchev–Trinajstić information content (AvgIpc) is 2.91. The fourth-order valence-corrected chi connectivity index (χ4v) is 3.34. The number of ether oxygens (including phenoxy) is 4. The van der Waals surface area contributed by atoms with Crippen LogP contribution < -0.4 is 10.6 Å². The maximum absolute atomic E-state index is 11.1. The van der Waals surface area contributed by atoms with Crippen molar-refractivity contribution < 1.29 is 41.9 Å². The smallest absolute Gasteiger partial charge is 0.307 e. The first-order valence-corrected chi connectivity index (χ1v) is 14.4. The monoisotopic (exact) mass is 549 g/mol. The first-order chi connectivity index (χ1) is 17.9. The third kappa shape index (κ3) is 22.2. The van der Waals surface area contributed by atoms with Gasteiger partial charge in [0.05, 0.1) is 13.2 Å². The Morgan fingerprint density at radius 1 is 0.946 bits per heavy atom. The van der Waals surface area contributed by atoms with E-state index in [0.717, 1.165) is 25.0 Å². The molecule has 0 fully saturated rings. The van der Waals surface area contributed by atoms with Gasteiger partial charge in [0.15, 0.2) is 5.94 Å². The summed E-state index contributed by atoms with van der Waals surface area (Å²) in [6.07, 6.45) is 11.4. The maximum Gasteiger partial charge on any atom is 0.307 e. The van der Waals surface area contributed by atoms with E-state index in [2.05, 4.69) is 35.8 Å². The summed E-state index contributed by atoms with van der Waals surface area (Å²) in [4.78, 5) is 0. The van der Waals surface area contributed by atoms with E-state index in [-0.39, 0.29) is 33.2 Å². The third-order valence-electron chi connectivity index (χ3n) is 5.05. The third-order valence-corrected chi connectivity index (χ3v) is 5.79. The maximum atomic E-state index is 11.1. The molecule has 0 saturated carbocycles. The first kappa shape index (κ1) is 35.4. The molecule has 0 aromatic heterocycles. The van der Waals surface area contributed by atoms with Crippen molar-refractivity contribution in [2.24, 2.45) is 5.90 Å². The van der Waals surface area contributed by atoms with Crippen molar-refractivity contribution in [2.75, 3.05) is 45.8 Å². The van der Waals surface area contributed by atoms with Crippen LogP contribution in [0.15, 0.2) is 36.9 Å². The van der Waals surface area contributed by atoms with Gasteiger partial charge in [-0.15, -0.1) is 6.58 Å². The Bertz CT molecular complexity index is 741. The molecule has 0 heterocycles. The van der Waals surface area contributed by atoms with Gasteiger partial charge in [-0.2, -0.15) is 18.6 Å². The van der Waals surface area contributed by atoms with E-state index >= 15 is 0 Å². The number of benzene rings is 1. The molecule has 0 spiro atoms. The molecule has 1 atom stereocenters. The number of hydrogen-bond donors (Lipinski definition) is 3. The van der Waals surface area contributed by atoms with Crippen molar-refractivity contribution in [1.82, 2.24) is 0 Å². The van der Waals surface area contributed by atoms with Crippen LogP contribution in [0.2, 0.25) is 0 Å². The summed E-state index contributed by atoms with van der Waals surface area (Å²) in [6, 6.07) is 8.03. The molecule has 216 valence electrons. The van der Waals surface area contributed by atoms with E-state index in [4.69, 9.17) is 29.2 Å². The molecule has 1 aromatic rings. The second-order valence-corrected chi connectivity index (χ2v) is 9.88. The van der Waals surface area contributed by atoms with Crippen molar-refractivity contribution in [3.05, 3.63) is 42.5 Å². The molecule has 0 radical (unpaired) electrons. The SMILES string of the molecule is C=CCOCC(COc1ccc(CCCCCCCC)cc1)OCOCS(=O)(=O)ON.OCCCCO. The minimum Gasteiger partial charge on any atom is -0.491 e. The van der Waals surface area contributed by atoms with Crippen molar-refractivity contribution >= 4 is 10.1 Å². The fourth-order valence-electron chi connectivity index (χ4n) is 3.01. The van der Waals surface area contributed by atoms with Gasteiger partial charge in [0.25, 0.3) is 0 Å². The summed E-state index contributed by atoms with van der Waals surface area (Å²) in [5.74, 6) is 4.67. The summed E-state index contributed by atoms with van der Waals surface area (Å²) in [5, 5.41) is 16.2. The molecular weight excluding hydrogens is 502 g/mol. The van der Waals surface area contributed by atoms with Crippen molar-refractivity contribution in [1.29, 1.82) is 0 Å². The number of unbranched alkanes of at least 4 members (excludes halogenated alkanes) is 6. The number of aliphatic hydroxyl groups excluding tert-OH is 2. The van der Waals surface area contributed by atoms with Gasteiger partial charge in [0.2, 0.25) is 0 Å². The minimum absolute atomic E-state index is 0.195. The lowest BCUT2D eigenvalue weighted by molar-refractivity contribution is -0.111. The van der Waals surface area contributed by atoms with Crippen LogP contribution in [0.3, 0.4) is 0 Å². The molecule has 0 bridgehead atoms. The highest BCUT2D eigenvalue weighted by Crippen LogP contribution is 2.16. The predicted octanol–water partition coefficient (Wildman–Crippen LogP) is 3.46. The van der Waals surface area contributed by atoms with Crippen LogP contribution in [0.1, 0.15) is 63.9 Å². The van der Waals surface area contributed by atoms with Crippen LogP contribution in [-0.4, -0.2) is 70.5 Å². The average molecular weight is 550 g/mol. The Morgan fingerprint density at radius 2 is 1.59 bits per heavy atom. The Balaban J connectivity index is 0.00000192. The molecular formula is C26H47NO9S. The quantitative estimate of drug-likeness (QED) is 0.0802. The summed E-state index contributed by atoms with van der Waals surface area (Å²) in [5.41, 5.74) is 1.29. The Morgan fingerprint density at radius 3 is 2.19 bits per heavy atom. The molecule has 0 amide bonds. The van der Waals surface area contributed by atoms with Crippen molar-refractivity contribution in [3.8, 4) is 5.75 Å².